The van der Waals surface area contributed by atoms with Crippen LogP contribution >= 0.6 is 11.3 Å². The van der Waals surface area contributed by atoms with Gasteiger partial charge in [-0.25, -0.2) is 4.98 Å². The zero-order valence-corrected chi connectivity index (χ0v) is 13.1. The molecule has 8 nitrogen and oxygen atoms in total. The second-order valence-electron chi connectivity index (χ2n) is 5.28. The summed E-state index contributed by atoms with van der Waals surface area (Å²) in [5.41, 5.74) is 6.26. The van der Waals surface area contributed by atoms with E-state index in [2.05, 4.69) is 25.1 Å². The van der Waals surface area contributed by atoms with Gasteiger partial charge in [-0.1, -0.05) is 0 Å². The smallest absolute Gasteiger partial charge is 0.274 e. The number of fused-ring (bicyclic) bond motifs is 1. The molecule has 0 aliphatic carbocycles. The van der Waals surface area contributed by atoms with Crippen LogP contribution in [0.5, 0.6) is 0 Å². The van der Waals surface area contributed by atoms with Crippen molar-refractivity contribution < 1.29 is 4.79 Å². The molecular weight excluding hydrogens is 314 g/mol. The molecule has 0 bridgehead atoms. The van der Waals surface area contributed by atoms with Crippen molar-refractivity contribution in [3.8, 4) is 0 Å². The maximum absolute atomic E-state index is 12.3. The Morgan fingerprint density at radius 3 is 2.78 bits per heavy atom. The van der Waals surface area contributed by atoms with Crippen molar-refractivity contribution in [3.05, 3.63) is 29.4 Å². The lowest BCUT2D eigenvalue weighted by molar-refractivity contribution is 0.0740. The van der Waals surface area contributed by atoms with Crippen LogP contribution in [0.3, 0.4) is 0 Å². The van der Waals surface area contributed by atoms with Crippen molar-refractivity contribution in [2.24, 2.45) is 0 Å². The number of aromatic amines is 1. The average Bonchev–Trinajstić information content (AvgIpc) is 3.25. The van der Waals surface area contributed by atoms with Crippen LogP contribution in [0.1, 0.15) is 10.5 Å². The third-order valence-electron chi connectivity index (χ3n) is 3.91. The van der Waals surface area contributed by atoms with Crippen LogP contribution in [0.2, 0.25) is 0 Å². The number of nitrogens with two attached hydrogens (primary N) is 1. The minimum atomic E-state index is -0.0474. The number of nitrogen functional groups attached to an aromatic ring is 1. The molecule has 0 radical (unpaired) electrons. The number of piperazine rings is 1. The van der Waals surface area contributed by atoms with Crippen LogP contribution in [0, 0.1) is 0 Å². The third-order valence-corrected chi connectivity index (χ3v) is 4.72. The highest BCUT2D eigenvalue weighted by atomic mass is 32.1. The molecule has 3 N–H and O–H groups in total. The van der Waals surface area contributed by atoms with Crippen molar-refractivity contribution in [2.75, 3.05) is 36.8 Å². The van der Waals surface area contributed by atoms with Crippen molar-refractivity contribution >= 4 is 39.2 Å². The van der Waals surface area contributed by atoms with Gasteiger partial charge in [-0.2, -0.15) is 10.1 Å². The molecule has 0 atom stereocenters. The van der Waals surface area contributed by atoms with Gasteiger partial charge in [-0.15, -0.1) is 11.3 Å². The molecule has 0 aromatic carbocycles. The lowest BCUT2D eigenvalue weighted by Crippen LogP contribution is -2.49. The van der Waals surface area contributed by atoms with E-state index in [4.69, 9.17) is 5.73 Å². The fourth-order valence-electron chi connectivity index (χ4n) is 2.76. The molecule has 4 rings (SSSR count). The maximum atomic E-state index is 12.3. The van der Waals surface area contributed by atoms with E-state index in [-0.39, 0.29) is 11.9 Å². The summed E-state index contributed by atoms with van der Waals surface area (Å²) >= 11 is 1.55. The van der Waals surface area contributed by atoms with Crippen LogP contribution in [0.25, 0.3) is 10.2 Å². The summed E-state index contributed by atoms with van der Waals surface area (Å²) in [4.78, 5) is 25.8. The Morgan fingerprint density at radius 1 is 1.22 bits per heavy atom. The predicted molar refractivity (Wildman–Crippen MR) is 88.5 cm³/mol. The van der Waals surface area contributed by atoms with Gasteiger partial charge in [0, 0.05) is 32.4 Å². The van der Waals surface area contributed by atoms with Crippen LogP contribution in [0.4, 0.5) is 11.8 Å². The number of hydrogen-bond donors (Lipinski definition) is 2. The van der Waals surface area contributed by atoms with Crippen molar-refractivity contribution in [3.63, 3.8) is 0 Å². The molecule has 1 aliphatic rings. The number of nitrogens with one attached hydrogen (secondary N) is 1. The zero-order chi connectivity index (χ0) is 15.8. The molecule has 23 heavy (non-hydrogen) atoms. The van der Waals surface area contributed by atoms with Gasteiger partial charge >= 0.3 is 0 Å². The van der Waals surface area contributed by atoms with Crippen LogP contribution in [-0.2, 0) is 0 Å². The number of amides is 1. The predicted octanol–water partition coefficient (Wildman–Crippen LogP) is 0.959. The van der Waals surface area contributed by atoms with Crippen LogP contribution in [-0.4, -0.2) is 57.2 Å². The number of nitrogens with zero attached hydrogens (tertiary/aromatic N) is 5. The summed E-state index contributed by atoms with van der Waals surface area (Å²) in [7, 11) is 0. The average molecular weight is 329 g/mol. The van der Waals surface area contributed by atoms with Crippen LogP contribution in [0.15, 0.2) is 23.7 Å². The second kappa shape index (κ2) is 5.51. The number of anilines is 2. The van der Waals surface area contributed by atoms with Gasteiger partial charge in [0.15, 0.2) is 0 Å². The van der Waals surface area contributed by atoms with E-state index in [0.717, 1.165) is 16.0 Å². The van der Waals surface area contributed by atoms with Gasteiger partial charge in [0.05, 0.1) is 5.39 Å². The zero-order valence-electron chi connectivity index (χ0n) is 12.3. The van der Waals surface area contributed by atoms with Crippen molar-refractivity contribution in [1.29, 1.82) is 0 Å². The Hall–Kier alpha value is -2.68. The molecule has 3 aromatic heterocycles. The van der Waals surface area contributed by atoms with E-state index in [0.29, 0.717) is 31.9 Å². The highest BCUT2D eigenvalue weighted by Gasteiger charge is 2.25. The fourth-order valence-corrected chi connectivity index (χ4v) is 3.53. The van der Waals surface area contributed by atoms with Crippen molar-refractivity contribution in [2.45, 2.75) is 0 Å². The quantitative estimate of drug-likeness (QED) is 0.726. The summed E-state index contributed by atoms with van der Waals surface area (Å²) in [5, 5.41) is 9.61. The summed E-state index contributed by atoms with van der Waals surface area (Å²) in [5.74, 6) is 1.08. The maximum Gasteiger partial charge on any atom is 0.274 e. The summed E-state index contributed by atoms with van der Waals surface area (Å²) in [6.07, 6.45) is 1.65. The van der Waals surface area contributed by atoms with Gasteiger partial charge in [0.1, 0.15) is 16.3 Å². The Bertz CT molecular complexity index is 836. The molecule has 1 amide bonds. The first-order chi connectivity index (χ1) is 11.2. The van der Waals surface area contributed by atoms with E-state index >= 15 is 0 Å². The van der Waals surface area contributed by atoms with Crippen molar-refractivity contribution in [1.82, 2.24) is 25.1 Å². The first-order valence-electron chi connectivity index (χ1n) is 7.27. The van der Waals surface area contributed by atoms with Gasteiger partial charge in [-0.05, 0) is 17.5 Å². The van der Waals surface area contributed by atoms with Gasteiger partial charge in [0.25, 0.3) is 5.91 Å². The lowest BCUT2D eigenvalue weighted by Gasteiger charge is -2.35. The number of carbonyl (C=O) groups is 1. The monoisotopic (exact) mass is 329 g/mol. The second-order valence-corrected chi connectivity index (χ2v) is 6.18. The molecule has 3 aromatic rings. The number of rotatable bonds is 2. The number of hydrogen-bond acceptors (Lipinski definition) is 7. The highest BCUT2D eigenvalue weighted by molar-refractivity contribution is 7.16. The minimum Gasteiger partial charge on any atom is -0.368 e. The standard InChI is InChI=1S/C14H15N7OS/c15-14-17-11(9-2-8-23-12(9)18-14)20-4-6-21(7-5-20)13(22)10-1-3-16-19-10/h1-3,8H,4-7H2,(H,16,19)(H2,15,17,18). The first kappa shape index (κ1) is 13.9. The number of H-pyrrole nitrogens is 1. The molecule has 1 fully saturated rings. The highest BCUT2D eigenvalue weighted by Crippen LogP contribution is 2.29. The van der Waals surface area contributed by atoms with Gasteiger partial charge in [-0.3, -0.25) is 9.89 Å². The molecule has 0 unspecified atom stereocenters. The number of carbonyl (C=O) groups excluding carboxylic acids is 1. The molecule has 1 saturated heterocycles. The Kier molecular flexibility index (Phi) is 3.34. The molecule has 0 saturated carbocycles. The van der Waals surface area contributed by atoms with E-state index < -0.39 is 0 Å². The lowest BCUT2D eigenvalue weighted by atomic mass is 10.2. The molecule has 9 heteroatoms. The number of aromatic nitrogens is 4. The molecule has 118 valence electrons. The minimum absolute atomic E-state index is 0.0474. The summed E-state index contributed by atoms with van der Waals surface area (Å²) in [6.45, 7) is 2.66. The Balaban J connectivity index is 1.53. The van der Waals surface area contributed by atoms with Gasteiger partial charge in [0.2, 0.25) is 5.95 Å². The number of thiophene rings is 1. The third kappa shape index (κ3) is 2.48. The van der Waals surface area contributed by atoms with E-state index in [1.54, 1.807) is 23.6 Å². The van der Waals surface area contributed by atoms with E-state index in [1.807, 2.05) is 16.3 Å². The normalized spacial score (nSPS) is 15.3. The van der Waals surface area contributed by atoms with Gasteiger partial charge < -0.3 is 15.5 Å². The molecular formula is C14H15N7OS. The molecule has 4 heterocycles. The summed E-state index contributed by atoms with van der Waals surface area (Å²) in [6, 6.07) is 3.70. The Morgan fingerprint density at radius 2 is 2.04 bits per heavy atom. The molecule has 1 aliphatic heterocycles. The van der Waals surface area contributed by atoms with E-state index in [9.17, 15) is 4.79 Å². The largest absolute Gasteiger partial charge is 0.368 e. The van der Waals surface area contributed by atoms with E-state index in [1.165, 1.54) is 0 Å². The first-order valence-corrected chi connectivity index (χ1v) is 8.15. The topological polar surface area (TPSA) is 104 Å². The Labute approximate surface area is 135 Å². The SMILES string of the molecule is Nc1nc(N2CCN(C(=O)c3cc[nH]n3)CC2)c2ccsc2n1. The fraction of sp³-hybridized carbons (Fsp3) is 0.286. The molecule has 0 spiro atoms. The van der Waals surface area contributed by atoms with Crippen LogP contribution < -0.4 is 10.6 Å². The summed E-state index contributed by atoms with van der Waals surface area (Å²) < 4.78 is 0.